The second-order valence-electron chi connectivity index (χ2n) is 20.3. The van der Waals surface area contributed by atoms with Gasteiger partial charge < -0.3 is 34.6 Å². The summed E-state index contributed by atoms with van der Waals surface area (Å²) in [4.78, 5) is 43.7. The Morgan fingerprint density at radius 2 is 1.15 bits per heavy atom. The summed E-state index contributed by atoms with van der Waals surface area (Å²) in [5.74, 6) is -2.62. The fourth-order valence-electron chi connectivity index (χ4n) is 9.96. The van der Waals surface area contributed by atoms with Gasteiger partial charge in [0, 0.05) is 41.6 Å². The zero-order valence-electron chi connectivity index (χ0n) is 42.0. The van der Waals surface area contributed by atoms with E-state index in [1.54, 1.807) is 13.8 Å². The Labute approximate surface area is 417 Å². The fourth-order valence-corrected chi connectivity index (χ4v) is 11.2. The Morgan fingerprint density at radius 3 is 1.58 bits per heavy atom. The molecular formula is C51H70N4O14S2. The van der Waals surface area contributed by atoms with Crippen molar-refractivity contribution in [3.8, 4) is 23.0 Å². The summed E-state index contributed by atoms with van der Waals surface area (Å²) in [6.45, 7) is 15.5. The van der Waals surface area contributed by atoms with Gasteiger partial charge in [-0.1, -0.05) is 46.6 Å². The van der Waals surface area contributed by atoms with Crippen LogP contribution in [-0.4, -0.2) is 95.7 Å². The molecule has 0 aromatic heterocycles. The number of aliphatic carboxylic acids is 1. The molecule has 2 aromatic rings. The molecule has 0 unspecified atom stereocenters. The Bertz CT molecular complexity index is 2780. The van der Waals surface area contributed by atoms with E-state index in [2.05, 4.69) is 18.2 Å². The standard InChI is InChI=1S/C51H70N4O14S2/c1-30(2)14-9-16-32(5)18-11-21-50(7)43(68-70(52,62)63)26-36-41(56)24-34-38(45(36)66-50)28-54(47(34)58)23-13-20-40(49(60)61)55-29-39-35(48(55)59)25-42(57)37-27-44(69-71(53,64)65)51(8,67-46(37)39)22-12-19-33(6)17-10-15-31(3)4/h14-15,18-19,24-25,40,43-44,56-57H,9-13,16-17,20-23,26-29H2,1-8H3,(H,60,61)(H2,52,62,63)(H2,53,64,65)/b32-18+,33-19+/t40-,43-,44-,50+,51+/m0/s1. The van der Waals surface area contributed by atoms with Crippen LogP contribution in [0.25, 0.3) is 0 Å². The number of amides is 2. The molecule has 0 bridgehead atoms. The van der Waals surface area contributed by atoms with Gasteiger partial charge in [-0.3, -0.25) is 18.0 Å². The molecule has 6 rings (SSSR count). The highest BCUT2D eigenvalue weighted by Gasteiger charge is 2.49. The molecule has 20 heteroatoms. The number of hydrogen-bond acceptors (Lipinski definition) is 13. The number of ether oxygens (including phenoxy) is 2. The Kier molecular flexibility index (Phi) is 16.9. The fraction of sp³-hybridized carbons (Fsp3) is 0.549. The molecule has 4 aliphatic heterocycles. The van der Waals surface area contributed by atoms with Gasteiger partial charge >= 0.3 is 26.6 Å². The van der Waals surface area contributed by atoms with Crippen molar-refractivity contribution < 1.29 is 64.4 Å². The van der Waals surface area contributed by atoms with Crippen LogP contribution in [0.4, 0.5) is 0 Å². The molecule has 4 aliphatic rings. The number of phenols is 2. The molecule has 4 heterocycles. The summed E-state index contributed by atoms with van der Waals surface area (Å²) >= 11 is 0. The molecule has 0 saturated carbocycles. The smallest absolute Gasteiger partial charge is 0.333 e. The van der Waals surface area contributed by atoms with Crippen LogP contribution in [0.3, 0.4) is 0 Å². The maximum Gasteiger partial charge on any atom is 0.333 e. The number of carboxylic acid groups (broad SMARTS) is 1. The number of allylic oxidation sites excluding steroid dienone is 8. The van der Waals surface area contributed by atoms with Gasteiger partial charge in [-0.15, -0.1) is 0 Å². The molecule has 71 heavy (non-hydrogen) atoms. The van der Waals surface area contributed by atoms with Crippen LogP contribution in [0.1, 0.15) is 163 Å². The number of phenolic OH excluding ortho intramolecular Hbond substituents is 2. The minimum atomic E-state index is -4.47. The monoisotopic (exact) mass is 1030 g/mol. The molecule has 0 radical (unpaired) electrons. The number of fused-ring (bicyclic) bond motifs is 6. The predicted octanol–water partition coefficient (Wildman–Crippen LogP) is 7.45. The van der Waals surface area contributed by atoms with Crippen LogP contribution in [-0.2, 0) is 59.7 Å². The third-order valence-corrected chi connectivity index (χ3v) is 14.9. The number of nitrogens with zero attached hydrogens (tertiary/aromatic N) is 2. The van der Waals surface area contributed by atoms with Gasteiger partial charge in [0.2, 0.25) is 0 Å². The molecule has 390 valence electrons. The first-order valence-corrected chi connectivity index (χ1v) is 27.0. The molecule has 2 aromatic carbocycles. The first-order chi connectivity index (χ1) is 33.1. The number of aromatic hydroxyl groups is 2. The topological polar surface area (TPSA) is 276 Å². The summed E-state index contributed by atoms with van der Waals surface area (Å²) in [7, 11) is -8.90. The number of benzene rings is 2. The Balaban J connectivity index is 1.18. The highest BCUT2D eigenvalue weighted by molar-refractivity contribution is 7.84. The summed E-state index contributed by atoms with van der Waals surface area (Å²) in [6.07, 6.45) is 11.0. The summed E-state index contributed by atoms with van der Waals surface area (Å²) in [5.41, 5.74) is 3.67. The lowest BCUT2D eigenvalue weighted by molar-refractivity contribution is -0.142. The number of hydrogen-bond donors (Lipinski definition) is 5. The van der Waals surface area contributed by atoms with E-state index in [4.69, 9.17) is 28.1 Å². The highest BCUT2D eigenvalue weighted by atomic mass is 32.2. The van der Waals surface area contributed by atoms with E-state index in [9.17, 15) is 46.5 Å². The zero-order valence-corrected chi connectivity index (χ0v) is 43.6. The third kappa shape index (κ3) is 13.2. The first-order valence-electron chi connectivity index (χ1n) is 24.1. The van der Waals surface area contributed by atoms with Crippen molar-refractivity contribution in [1.29, 1.82) is 0 Å². The zero-order chi connectivity index (χ0) is 52.4. The van der Waals surface area contributed by atoms with Crippen molar-refractivity contribution in [3.05, 3.63) is 92.1 Å². The lowest BCUT2D eigenvalue weighted by Gasteiger charge is -2.42. The van der Waals surface area contributed by atoms with Crippen LogP contribution in [0, 0.1) is 0 Å². The van der Waals surface area contributed by atoms with Gasteiger partial charge in [-0.25, -0.2) is 15.1 Å². The number of rotatable bonds is 22. The molecule has 0 aliphatic carbocycles. The molecular weight excluding hydrogens is 957 g/mol. The molecule has 0 fully saturated rings. The Hall–Kier alpha value is -5.25. The lowest BCUT2D eigenvalue weighted by atomic mass is 9.84. The van der Waals surface area contributed by atoms with E-state index < -0.39 is 67.8 Å². The number of carbonyl (C=O) groups is 3. The van der Waals surface area contributed by atoms with Gasteiger partial charge in [0.25, 0.3) is 11.8 Å². The average molecular weight is 1030 g/mol. The van der Waals surface area contributed by atoms with Crippen LogP contribution in [0.15, 0.2) is 58.7 Å². The molecule has 0 spiro atoms. The lowest BCUT2D eigenvalue weighted by Crippen LogP contribution is -2.52. The van der Waals surface area contributed by atoms with Gasteiger partial charge in [0.05, 0.1) is 24.2 Å². The summed E-state index contributed by atoms with van der Waals surface area (Å²) < 4.78 is 72.9. The highest BCUT2D eigenvalue weighted by Crippen LogP contribution is 2.49. The van der Waals surface area contributed by atoms with Crippen LogP contribution in [0.5, 0.6) is 23.0 Å². The molecule has 18 nitrogen and oxygen atoms in total. The van der Waals surface area contributed by atoms with E-state index in [0.717, 1.165) is 36.8 Å². The van der Waals surface area contributed by atoms with Gasteiger partial charge in [-0.2, -0.15) is 16.8 Å². The van der Waals surface area contributed by atoms with Gasteiger partial charge in [-0.05, 0) is 132 Å². The van der Waals surface area contributed by atoms with Crippen molar-refractivity contribution in [2.45, 2.75) is 175 Å². The maximum absolute atomic E-state index is 14.1. The minimum Gasteiger partial charge on any atom is -0.508 e. The number of carboxylic acids is 1. The molecule has 0 saturated heterocycles. The third-order valence-electron chi connectivity index (χ3n) is 13.9. The summed E-state index contributed by atoms with van der Waals surface area (Å²) in [5, 5.41) is 43.7. The number of nitrogens with two attached hydrogens (primary N) is 2. The minimum absolute atomic E-state index is 0.0414. The average Bonchev–Trinajstić information content (AvgIpc) is 3.73. The van der Waals surface area contributed by atoms with E-state index in [1.165, 1.54) is 33.1 Å². The summed E-state index contributed by atoms with van der Waals surface area (Å²) in [6, 6.07) is 1.18. The van der Waals surface area contributed by atoms with E-state index in [1.807, 2.05) is 47.6 Å². The first kappa shape index (κ1) is 55.1. The van der Waals surface area contributed by atoms with Crippen molar-refractivity contribution in [3.63, 3.8) is 0 Å². The van der Waals surface area contributed by atoms with Crippen molar-refractivity contribution >= 4 is 38.4 Å². The Morgan fingerprint density at radius 1 is 0.718 bits per heavy atom. The second kappa shape index (κ2) is 21.8. The SMILES string of the molecule is CC(C)=CCC/C(C)=C/CC[C@@]1(C)Oc2c(c(O)cc3c2CN(CCC[C@@H](C(=O)O)N2Cc4c(cc(O)c5c4O[C@](C)(CC/C=C(\C)CCC=C(C)C)[C@@H](OS(N)(=O)=O)C5)C2=O)C3=O)C[C@@H]1OS(N)(=O)=O. The van der Waals surface area contributed by atoms with E-state index in [0.29, 0.717) is 30.4 Å². The number of carbonyl (C=O) groups excluding carboxylic acids is 2. The van der Waals surface area contributed by atoms with Gasteiger partial charge in [0.15, 0.2) is 0 Å². The van der Waals surface area contributed by atoms with E-state index in [-0.39, 0.29) is 97.0 Å². The van der Waals surface area contributed by atoms with Crippen LogP contribution < -0.4 is 19.8 Å². The van der Waals surface area contributed by atoms with Crippen molar-refractivity contribution in [2.75, 3.05) is 6.54 Å². The maximum atomic E-state index is 14.1. The van der Waals surface area contributed by atoms with Gasteiger partial charge in [0.1, 0.15) is 52.4 Å². The normalized spacial score (nSPS) is 22.5. The quantitative estimate of drug-likeness (QED) is 0.0717. The van der Waals surface area contributed by atoms with Crippen molar-refractivity contribution in [2.24, 2.45) is 10.3 Å². The second-order valence-corrected chi connectivity index (χ2v) is 22.7. The van der Waals surface area contributed by atoms with Crippen LogP contribution >= 0.6 is 0 Å². The molecule has 2 amide bonds. The molecule has 5 atom stereocenters. The molecule has 7 N–H and O–H groups in total. The van der Waals surface area contributed by atoms with E-state index >= 15 is 0 Å². The predicted molar refractivity (Wildman–Crippen MR) is 266 cm³/mol. The van der Waals surface area contributed by atoms with Crippen molar-refractivity contribution in [1.82, 2.24) is 9.80 Å². The van der Waals surface area contributed by atoms with Crippen LogP contribution in [0.2, 0.25) is 0 Å². The largest absolute Gasteiger partial charge is 0.508 e.